The molecule has 7 heteroatoms. The van der Waals surface area contributed by atoms with Crippen LogP contribution in [0.3, 0.4) is 0 Å². The zero-order chi connectivity index (χ0) is 14.7. The van der Waals surface area contributed by atoms with Crippen LogP contribution in [0.1, 0.15) is 10.4 Å². The number of nitrogens with two attached hydrogens (primary N) is 1. The topological polar surface area (TPSA) is 95.5 Å². The minimum Gasteiger partial charge on any atom is -0.420 e. The predicted molar refractivity (Wildman–Crippen MR) is 73.9 cm³/mol. The standard InChI is InChI=1S/C13H9ClN2O4/c14-9-5-2-1-4-8(9)13(17)20-11-7-3-6-10(12(11)15)16(18)19/h1-7H,15H2. The van der Waals surface area contributed by atoms with Gasteiger partial charge in [0.25, 0.3) is 5.69 Å². The number of hydrogen-bond acceptors (Lipinski definition) is 5. The molecule has 0 radical (unpaired) electrons. The van der Waals surface area contributed by atoms with E-state index in [0.717, 1.165) is 0 Å². The molecule has 2 aromatic carbocycles. The SMILES string of the molecule is Nc1c(OC(=O)c2ccccc2Cl)cccc1[N+](=O)[O-]. The summed E-state index contributed by atoms with van der Waals surface area (Å²) in [6.07, 6.45) is 0. The summed E-state index contributed by atoms with van der Waals surface area (Å²) in [4.78, 5) is 22.0. The Morgan fingerprint density at radius 2 is 1.90 bits per heavy atom. The highest BCUT2D eigenvalue weighted by molar-refractivity contribution is 6.33. The van der Waals surface area contributed by atoms with Crippen LogP contribution in [0.5, 0.6) is 5.75 Å². The summed E-state index contributed by atoms with van der Waals surface area (Å²) in [5, 5.41) is 11.0. The lowest BCUT2D eigenvalue weighted by molar-refractivity contribution is -0.383. The van der Waals surface area contributed by atoms with E-state index < -0.39 is 10.9 Å². The first kappa shape index (κ1) is 13.8. The fourth-order valence-electron chi connectivity index (χ4n) is 1.56. The molecule has 0 heterocycles. The quantitative estimate of drug-likeness (QED) is 0.308. The predicted octanol–water partition coefficient (Wildman–Crippen LogP) is 3.05. The second kappa shape index (κ2) is 5.58. The number of nitrogens with zero attached hydrogens (tertiary/aromatic N) is 1. The molecule has 0 aliphatic heterocycles. The van der Waals surface area contributed by atoms with Gasteiger partial charge in [0, 0.05) is 6.07 Å². The maximum atomic E-state index is 11.9. The van der Waals surface area contributed by atoms with Crippen molar-refractivity contribution in [3.8, 4) is 5.75 Å². The largest absolute Gasteiger partial charge is 0.420 e. The van der Waals surface area contributed by atoms with Gasteiger partial charge < -0.3 is 10.5 Å². The number of carbonyl (C=O) groups is 1. The summed E-state index contributed by atoms with van der Waals surface area (Å²) in [5.74, 6) is -0.813. The molecule has 0 bridgehead atoms. The maximum Gasteiger partial charge on any atom is 0.345 e. The number of rotatable bonds is 3. The van der Waals surface area contributed by atoms with Crippen molar-refractivity contribution >= 4 is 28.9 Å². The molecule has 0 atom stereocenters. The highest BCUT2D eigenvalue weighted by atomic mass is 35.5. The molecule has 0 saturated heterocycles. The van der Waals surface area contributed by atoms with Gasteiger partial charge in [-0.3, -0.25) is 10.1 Å². The van der Waals surface area contributed by atoms with Crippen molar-refractivity contribution in [3.05, 3.63) is 63.2 Å². The van der Waals surface area contributed by atoms with E-state index >= 15 is 0 Å². The number of halogens is 1. The molecule has 0 saturated carbocycles. The van der Waals surface area contributed by atoms with Gasteiger partial charge in [0.05, 0.1) is 15.5 Å². The third-order valence-electron chi connectivity index (χ3n) is 2.54. The number of hydrogen-bond donors (Lipinski definition) is 1. The van der Waals surface area contributed by atoms with Gasteiger partial charge in [0.2, 0.25) is 0 Å². The Labute approximate surface area is 118 Å². The lowest BCUT2D eigenvalue weighted by Crippen LogP contribution is -2.11. The second-order valence-electron chi connectivity index (χ2n) is 3.82. The van der Waals surface area contributed by atoms with Crippen LogP contribution in [0.15, 0.2) is 42.5 Å². The average molecular weight is 293 g/mol. The molecule has 0 unspecified atom stereocenters. The van der Waals surface area contributed by atoms with Crippen LogP contribution in [0.4, 0.5) is 11.4 Å². The van der Waals surface area contributed by atoms with E-state index in [4.69, 9.17) is 22.1 Å². The molecule has 0 fully saturated rings. The van der Waals surface area contributed by atoms with Crippen LogP contribution < -0.4 is 10.5 Å². The average Bonchev–Trinajstić information content (AvgIpc) is 2.41. The Kier molecular flexibility index (Phi) is 3.86. The fraction of sp³-hybridized carbons (Fsp3) is 0. The number of anilines is 1. The molecule has 0 aliphatic carbocycles. The van der Waals surface area contributed by atoms with Crippen LogP contribution in [-0.4, -0.2) is 10.9 Å². The van der Waals surface area contributed by atoms with Gasteiger partial charge in [0.1, 0.15) is 0 Å². The third-order valence-corrected chi connectivity index (χ3v) is 2.87. The molecule has 0 spiro atoms. The third kappa shape index (κ3) is 2.70. The number of nitrogen functional groups attached to an aromatic ring is 1. The first-order valence-electron chi connectivity index (χ1n) is 5.50. The first-order valence-corrected chi connectivity index (χ1v) is 5.88. The van der Waals surface area contributed by atoms with E-state index in [0.29, 0.717) is 0 Å². The number of nitro groups is 1. The van der Waals surface area contributed by atoms with Crippen molar-refractivity contribution in [1.29, 1.82) is 0 Å². The summed E-state index contributed by atoms with van der Waals surface area (Å²) in [6, 6.07) is 10.3. The van der Waals surface area contributed by atoms with E-state index in [9.17, 15) is 14.9 Å². The summed E-state index contributed by atoms with van der Waals surface area (Å²) < 4.78 is 5.05. The van der Waals surface area contributed by atoms with Crippen molar-refractivity contribution < 1.29 is 14.5 Å². The normalized spacial score (nSPS) is 10.1. The van der Waals surface area contributed by atoms with Crippen molar-refractivity contribution in [2.45, 2.75) is 0 Å². The van der Waals surface area contributed by atoms with Gasteiger partial charge >= 0.3 is 5.97 Å². The van der Waals surface area contributed by atoms with E-state index in [-0.39, 0.29) is 27.7 Å². The number of ether oxygens (including phenoxy) is 1. The Morgan fingerprint density at radius 3 is 2.55 bits per heavy atom. The minimum absolute atomic E-state index is 0.0795. The summed E-state index contributed by atoms with van der Waals surface area (Å²) in [5.41, 5.74) is 5.21. The lowest BCUT2D eigenvalue weighted by atomic mass is 10.2. The molecule has 0 aliphatic rings. The van der Waals surface area contributed by atoms with Crippen molar-refractivity contribution in [2.75, 3.05) is 5.73 Å². The highest BCUT2D eigenvalue weighted by Gasteiger charge is 2.19. The molecular weight excluding hydrogens is 284 g/mol. The van der Waals surface area contributed by atoms with E-state index in [2.05, 4.69) is 0 Å². The fourth-order valence-corrected chi connectivity index (χ4v) is 1.78. The van der Waals surface area contributed by atoms with Gasteiger partial charge in [-0.25, -0.2) is 4.79 Å². The Hall–Kier alpha value is -2.60. The number of carbonyl (C=O) groups excluding carboxylic acids is 1. The number of esters is 1. The Morgan fingerprint density at radius 1 is 1.20 bits per heavy atom. The van der Waals surface area contributed by atoms with Crippen molar-refractivity contribution in [1.82, 2.24) is 0 Å². The monoisotopic (exact) mass is 292 g/mol. The van der Waals surface area contributed by atoms with Gasteiger partial charge in [-0.05, 0) is 18.2 Å². The van der Waals surface area contributed by atoms with Crippen LogP contribution in [0.2, 0.25) is 5.02 Å². The van der Waals surface area contributed by atoms with Gasteiger partial charge in [-0.2, -0.15) is 0 Å². The summed E-state index contributed by atoms with van der Waals surface area (Å²) >= 11 is 5.87. The molecule has 6 nitrogen and oxygen atoms in total. The zero-order valence-corrected chi connectivity index (χ0v) is 10.8. The molecular formula is C13H9ClN2O4. The summed E-state index contributed by atoms with van der Waals surface area (Å²) in [7, 11) is 0. The van der Waals surface area contributed by atoms with Gasteiger partial charge in [-0.1, -0.05) is 29.8 Å². The van der Waals surface area contributed by atoms with E-state index in [1.54, 1.807) is 12.1 Å². The second-order valence-corrected chi connectivity index (χ2v) is 4.22. The zero-order valence-electron chi connectivity index (χ0n) is 10.1. The smallest absolute Gasteiger partial charge is 0.345 e. The lowest BCUT2D eigenvalue weighted by Gasteiger charge is -2.08. The molecule has 20 heavy (non-hydrogen) atoms. The van der Waals surface area contributed by atoms with Crippen molar-refractivity contribution in [2.24, 2.45) is 0 Å². The minimum atomic E-state index is -0.734. The maximum absolute atomic E-state index is 11.9. The van der Waals surface area contributed by atoms with Gasteiger partial charge in [0.15, 0.2) is 11.4 Å². The number of para-hydroxylation sites is 1. The molecule has 102 valence electrons. The van der Waals surface area contributed by atoms with Crippen LogP contribution in [0.25, 0.3) is 0 Å². The first-order chi connectivity index (χ1) is 9.50. The molecule has 0 amide bonds. The van der Waals surface area contributed by atoms with E-state index in [1.807, 2.05) is 0 Å². The van der Waals surface area contributed by atoms with Crippen molar-refractivity contribution in [3.63, 3.8) is 0 Å². The van der Waals surface area contributed by atoms with Crippen LogP contribution in [-0.2, 0) is 0 Å². The molecule has 0 aromatic heterocycles. The van der Waals surface area contributed by atoms with E-state index in [1.165, 1.54) is 30.3 Å². The highest BCUT2D eigenvalue weighted by Crippen LogP contribution is 2.31. The molecule has 2 aromatic rings. The molecule has 2 N–H and O–H groups in total. The van der Waals surface area contributed by atoms with Gasteiger partial charge in [-0.15, -0.1) is 0 Å². The van der Waals surface area contributed by atoms with Crippen LogP contribution in [0, 0.1) is 10.1 Å². The summed E-state index contributed by atoms with van der Waals surface area (Å²) in [6.45, 7) is 0. The Bertz CT molecular complexity index is 688. The Balaban J connectivity index is 2.32. The number of nitro benzene ring substituents is 1. The molecule has 2 rings (SSSR count). The number of benzene rings is 2. The van der Waals surface area contributed by atoms with Crippen LogP contribution >= 0.6 is 11.6 Å².